The molecule has 0 saturated carbocycles. The Morgan fingerprint density at radius 1 is 1.14 bits per heavy atom. The zero-order chi connectivity index (χ0) is 21.0. The van der Waals surface area contributed by atoms with Crippen molar-refractivity contribution in [3.05, 3.63) is 68.7 Å². The summed E-state index contributed by atoms with van der Waals surface area (Å²) in [6.07, 6.45) is 0.239. The van der Waals surface area contributed by atoms with Crippen molar-refractivity contribution in [2.75, 3.05) is 14.2 Å². The number of hydrogen-bond acceptors (Lipinski definition) is 5. The molecule has 0 radical (unpaired) electrons. The number of carbonyl (C=O) groups is 2. The number of nitrogens with zero attached hydrogens (tertiary/aromatic N) is 1. The molecule has 150 valence electrons. The molecule has 2 aromatic carbocycles. The van der Waals surface area contributed by atoms with Gasteiger partial charge in [0.2, 0.25) is 11.8 Å². The highest BCUT2D eigenvalue weighted by molar-refractivity contribution is 9.10. The molecular formula is C21H18BrClN2O4. The molecule has 0 aliphatic rings. The number of pyridine rings is 1. The van der Waals surface area contributed by atoms with Crippen LogP contribution in [0.3, 0.4) is 0 Å². The number of fused-ring (bicyclic) bond motifs is 1. The van der Waals surface area contributed by atoms with Crippen LogP contribution in [0.15, 0.2) is 46.9 Å². The number of benzene rings is 2. The van der Waals surface area contributed by atoms with Crippen molar-refractivity contribution >= 4 is 50.3 Å². The van der Waals surface area contributed by atoms with Crippen LogP contribution in [0.25, 0.3) is 10.9 Å². The van der Waals surface area contributed by atoms with Crippen molar-refractivity contribution in [1.82, 2.24) is 10.3 Å². The Balaban J connectivity index is 1.88. The minimum absolute atomic E-state index is 0.136. The Kier molecular flexibility index (Phi) is 6.71. The van der Waals surface area contributed by atoms with Crippen LogP contribution in [0.2, 0.25) is 5.02 Å². The van der Waals surface area contributed by atoms with Gasteiger partial charge in [-0.3, -0.25) is 4.79 Å². The number of nitrogens with one attached hydrogen (secondary N) is 1. The fourth-order valence-electron chi connectivity index (χ4n) is 2.92. The molecule has 0 atom stereocenters. The number of carbonyl (C=O) groups excluding carboxylic acids is 2. The minimum Gasteiger partial charge on any atom is -0.480 e. The number of esters is 1. The molecule has 29 heavy (non-hydrogen) atoms. The molecule has 0 fully saturated rings. The number of methoxy groups -OCH3 is 2. The van der Waals surface area contributed by atoms with Gasteiger partial charge in [0.15, 0.2) is 0 Å². The van der Waals surface area contributed by atoms with Crippen molar-refractivity contribution in [3.63, 3.8) is 0 Å². The minimum atomic E-state index is -0.556. The predicted octanol–water partition coefficient (Wildman–Crippen LogP) is 4.30. The third kappa shape index (κ3) is 4.86. The zero-order valence-electron chi connectivity index (χ0n) is 15.8. The first kappa shape index (κ1) is 21.1. The summed E-state index contributed by atoms with van der Waals surface area (Å²) in [7, 11) is 2.71. The first-order chi connectivity index (χ1) is 13.9. The lowest BCUT2D eigenvalue weighted by Crippen LogP contribution is -2.25. The Labute approximate surface area is 181 Å². The van der Waals surface area contributed by atoms with Crippen LogP contribution in [-0.4, -0.2) is 31.1 Å². The summed E-state index contributed by atoms with van der Waals surface area (Å²) >= 11 is 9.68. The number of amides is 1. The standard InChI is InChI=1S/C21H18BrClN2O4/c1-28-20-16(21(27)29-2)9-13-7-15(23)8-14(19(13)25-20)11-24-18(26)10-12-5-3-4-6-17(12)22/h3-9H,10-11H2,1-2H3,(H,24,26). The molecule has 1 heterocycles. The van der Waals surface area contributed by atoms with Gasteiger partial charge >= 0.3 is 5.97 Å². The average Bonchev–Trinajstić information content (AvgIpc) is 2.72. The molecule has 8 heteroatoms. The van der Waals surface area contributed by atoms with Crippen LogP contribution < -0.4 is 10.1 Å². The second-order valence-corrected chi connectivity index (χ2v) is 7.51. The van der Waals surface area contributed by atoms with Gasteiger partial charge in [0.05, 0.1) is 26.2 Å². The molecule has 3 aromatic rings. The summed E-state index contributed by atoms with van der Waals surface area (Å²) in [5.74, 6) is -0.546. The average molecular weight is 478 g/mol. The summed E-state index contributed by atoms with van der Waals surface area (Å²) in [5.41, 5.74) is 2.39. The lowest BCUT2D eigenvalue weighted by Gasteiger charge is -2.12. The van der Waals surface area contributed by atoms with Crippen LogP contribution >= 0.6 is 27.5 Å². The summed E-state index contributed by atoms with van der Waals surface area (Å²) < 4.78 is 10.9. The van der Waals surface area contributed by atoms with Crippen LogP contribution in [0.1, 0.15) is 21.5 Å². The second kappa shape index (κ2) is 9.24. The SMILES string of the molecule is COC(=O)c1cc2cc(Cl)cc(CNC(=O)Cc3ccccc3Br)c2nc1OC. The molecule has 0 bridgehead atoms. The summed E-state index contributed by atoms with van der Waals surface area (Å²) in [6.45, 7) is 0.230. The molecule has 1 amide bonds. The molecule has 1 N–H and O–H groups in total. The molecule has 0 aliphatic carbocycles. The number of ether oxygens (including phenoxy) is 2. The van der Waals surface area contributed by atoms with E-state index in [0.717, 1.165) is 10.0 Å². The number of rotatable bonds is 6. The van der Waals surface area contributed by atoms with E-state index in [1.165, 1.54) is 14.2 Å². The summed E-state index contributed by atoms with van der Waals surface area (Å²) in [4.78, 5) is 28.8. The van der Waals surface area contributed by atoms with E-state index >= 15 is 0 Å². The Morgan fingerprint density at radius 2 is 1.90 bits per heavy atom. The number of halogens is 2. The van der Waals surface area contributed by atoms with Gasteiger partial charge in [-0.25, -0.2) is 9.78 Å². The largest absolute Gasteiger partial charge is 0.480 e. The van der Waals surface area contributed by atoms with Crippen molar-refractivity contribution in [3.8, 4) is 5.88 Å². The first-order valence-electron chi connectivity index (χ1n) is 8.68. The Morgan fingerprint density at radius 3 is 2.59 bits per heavy atom. The van der Waals surface area contributed by atoms with Gasteiger partial charge in [0.25, 0.3) is 0 Å². The monoisotopic (exact) mass is 476 g/mol. The lowest BCUT2D eigenvalue weighted by atomic mass is 10.1. The van der Waals surface area contributed by atoms with Gasteiger partial charge in [-0.15, -0.1) is 0 Å². The predicted molar refractivity (Wildman–Crippen MR) is 114 cm³/mol. The molecule has 0 saturated heterocycles. The van der Waals surface area contributed by atoms with Crippen LogP contribution in [0.5, 0.6) is 5.88 Å². The maximum atomic E-state index is 12.4. The van der Waals surface area contributed by atoms with Gasteiger partial charge in [-0.2, -0.15) is 0 Å². The second-order valence-electron chi connectivity index (χ2n) is 6.22. The summed E-state index contributed by atoms with van der Waals surface area (Å²) in [5, 5.41) is 4.00. The third-order valence-electron chi connectivity index (χ3n) is 4.31. The highest BCUT2D eigenvalue weighted by Crippen LogP contribution is 2.28. The van der Waals surface area contributed by atoms with E-state index in [-0.39, 0.29) is 30.3 Å². The van der Waals surface area contributed by atoms with Gasteiger partial charge in [-0.05, 0) is 35.4 Å². The molecular weight excluding hydrogens is 460 g/mol. The summed E-state index contributed by atoms with van der Waals surface area (Å²) in [6, 6.07) is 12.6. The highest BCUT2D eigenvalue weighted by atomic mass is 79.9. The normalized spacial score (nSPS) is 10.6. The molecule has 0 unspecified atom stereocenters. The van der Waals surface area contributed by atoms with E-state index in [1.54, 1.807) is 18.2 Å². The van der Waals surface area contributed by atoms with E-state index < -0.39 is 5.97 Å². The number of hydrogen-bond donors (Lipinski definition) is 1. The quantitative estimate of drug-likeness (QED) is 0.536. The first-order valence-corrected chi connectivity index (χ1v) is 9.85. The van der Waals surface area contributed by atoms with Crippen LogP contribution in [0, 0.1) is 0 Å². The van der Waals surface area contributed by atoms with Crippen molar-refractivity contribution in [2.45, 2.75) is 13.0 Å². The zero-order valence-corrected chi connectivity index (χ0v) is 18.1. The van der Waals surface area contributed by atoms with E-state index in [4.69, 9.17) is 21.1 Å². The van der Waals surface area contributed by atoms with Crippen molar-refractivity contribution in [1.29, 1.82) is 0 Å². The Hall–Kier alpha value is -2.64. The lowest BCUT2D eigenvalue weighted by molar-refractivity contribution is -0.120. The van der Waals surface area contributed by atoms with Gasteiger partial charge < -0.3 is 14.8 Å². The fraction of sp³-hybridized carbons (Fsp3) is 0.190. The van der Waals surface area contributed by atoms with Crippen LogP contribution in [-0.2, 0) is 22.5 Å². The van der Waals surface area contributed by atoms with E-state index in [2.05, 4.69) is 26.2 Å². The fourth-order valence-corrected chi connectivity index (χ4v) is 3.60. The van der Waals surface area contributed by atoms with Crippen LogP contribution in [0.4, 0.5) is 0 Å². The molecule has 0 spiro atoms. The maximum Gasteiger partial charge on any atom is 0.343 e. The topological polar surface area (TPSA) is 77.5 Å². The highest BCUT2D eigenvalue weighted by Gasteiger charge is 2.18. The van der Waals surface area contributed by atoms with Gasteiger partial charge in [0, 0.05) is 21.4 Å². The van der Waals surface area contributed by atoms with Gasteiger partial charge in [-0.1, -0.05) is 45.7 Å². The van der Waals surface area contributed by atoms with E-state index in [9.17, 15) is 9.59 Å². The molecule has 1 aromatic heterocycles. The van der Waals surface area contributed by atoms with E-state index in [0.29, 0.717) is 21.5 Å². The number of aromatic nitrogens is 1. The molecule has 0 aliphatic heterocycles. The Bertz CT molecular complexity index is 1090. The van der Waals surface area contributed by atoms with Gasteiger partial charge in [0.1, 0.15) is 5.56 Å². The van der Waals surface area contributed by atoms with Crippen molar-refractivity contribution in [2.24, 2.45) is 0 Å². The maximum absolute atomic E-state index is 12.4. The smallest absolute Gasteiger partial charge is 0.343 e. The van der Waals surface area contributed by atoms with Crippen molar-refractivity contribution < 1.29 is 19.1 Å². The van der Waals surface area contributed by atoms with E-state index in [1.807, 2.05) is 24.3 Å². The molecule has 6 nitrogen and oxygen atoms in total. The third-order valence-corrected chi connectivity index (χ3v) is 5.30. The molecule has 3 rings (SSSR count).